The number of hydrogen-bond acceptors (Lipinski definition) is 9. The molecule has 11 heteroatoms. The first-order valence-corrected chi connectivity index (χ1v) is 14.8. The largest absolute Gasteiger partial charge is 0.478 e. The van der Waals surface area contributed by atoms with E-state index in [2.05, 4.69) is 22.9 Å². The third-order valence-corrected chi connectivity index (χ3v) is 6.41. The van der Waals surface area contributed by atoms with Gasteiger partial charge in [0.25, 0.3) is 0 Å². The molecule has 0 saturated carbocycles. The van der Waals surface area contributed by atoms with Crippen LogP contribution in [-0.4, -0.2) is 75.9 Å². The van der Waals surface area contributed by atoms with E-state index < -0.39 is 24.0 Å². The summed E-state index contributed by atoms with van der Waals surface area (Å²) in [4.78, 5) is 50.4. The van der Waals surface area contributed by atoms with Crippen LogP contribution in [0.1, 0.15) is 51.2 Å². The van der Waals surface area contributed by atoms with Gasteiger partial charge in [-0.1, -0.05) is 56.2 Å². The maximum absolute atomic E-state index is 13.3. The zero-order valence-corrected chi connectivity index (χ0v) is 25.6. The molecular weight excluding hydrogens is 554 g/mol. The Morgan fingerprint density at radius 3 is 1.95 bits per heavy atom. The lowest BCUT2D eigenvalue weighted by Crippen LogP contribution is -2.53. The van der Waals surface area contributed by atoms with Crippen molar-refractivity contribution in [2.24, 2.45) is 0 Å². The number of unbranched alkanes of at least 4 members (excludes halogenated alkanes) is 2. The van der Waals surface area contributed by atoms with Gasteiger partial charge in [-0.2, -0.15) is 0 Å². The van der Waals surface area contributed by atoms with Crippen molar-refractivity contribution in [3.05, 3.63) is 59.7 Å². The number of carbonyl (C=O) groups is 4. The molecule has 0 bridgehead atoms. The van der Waals surface area contributed by atoms with Crippen molar-refractivity contribution >= 4 is 23.8 Å². The summed E-state index contributed by atoms with van der Waals surface area (Å²) in [5.41, 5.74) is 1.62. The number of esters is 2. The standard InChI is InChI=1S/C32H45N3O8/c1-5-8-12-17-34-31(38)26(35-32(39)25(33-4)18-23-13-10-9-11-14-23)19-24-15-16-27(42-21-29(36)40-6-2)28(20-24)43-22-30(37)41-7-3/h9-11,13-16,20,25-26,33H,5-8,12,17-19,21-22H2,1-4H3,(H,34,38)(H,35,39). The second-order valence-electron chi connectivity index (χ2n) is 9.76. The predicted octanol–water partition coefficient (Wildman–Crippen LogP) is 2.73. The summed E-state index contributed by atoms with van der Waals surface area (Å²) in [6, 6.07) is 13.1. The fourth-order valence-electron chi connectivity index (χ4n) is 4.19. The van der Waals surface area contributed by atoms with Crippen LogP contribution in [0.15, 0.2) is 48.5 Å². The van der Waals surface area contributed by atoms with Crippen LogP contribution < -0.4 is 25.4 Å². The summed E-state index contributed by atoms with van der Waals surface area (Å²) in [6.45, 7) is 5.62. The molecule has 43 heavy (non-hydrogen) atoms. The number of nitrogens with one attached hydrogen (secondary N) is 3. The Morgan fingerprint density at radius 2 is 1.35 bits per heavy atom. The molecule has 0 spiro atoms. The first-order valence-electron chi connectivity index (χ1n) is 14.8. The third-order valence-electron chi connectivity index (χ3n) is 6.41. The highest BCUT2D eigenvalue weighted by Gasteiger charge is 2.26. The fourth-order valence-corrected chi connectivity index (χ4v) is 4.19. The number of carbonyl (C=O) groups excluding carboxylic acids is 4. The highest BCUT2D eigenvalue weighted by molar-refractivity contribution is 5.90. The minimum atomic E-state index is -0.884. The van der Waals surface area contributed by atoms with Crippen molar-refractivity contribution in [1.82, 2.24) is 16.0 Å². The van der Waals surface area contributed by atoms with E-state index in [-0.39, 0.29) is 56.2 Å². The van der Waals surface area contributed by atoms with Gasteiger partial charge in [0, 0.05) is 13.0 Å². The Bertz CT molecular complexity index is 1160. The summed E-state index contributed by atoms with van der Waals surface area (Å²) in [7, 11) is 1.70. The van der Waals surface area contributed by atoms with Crippen LogP contribution in [0.5, 0.6) is 11.5 Å². The first kappa shape index (κ1) is 35.1. The lowest BCUT2D eigenvalue weighted by atomic mass is 10.0. The monoisotopic (exact) mass is 599 g/mol. The van der Waals surface area contributed by atoms with Crippen molar-refractivity contribution < 1.29 is 38.1 Å². The second-order valence-corrected chi connectivity index (χ2v) is 9.76. The molecule has 2 rings (SSSR count). The van der Waals surface area contributed by atoms with E-state index in [1.807, 2.05) is 30.3 Å². The van der Waals surface area contributed by atoms with Gasteiger partial charge in [0.1, 0.15) is 6.04 Å². The first-order chi connectivity index (χ1) is 20.8. The molecule has 0 saturated heterocycles. The molecule has 0 heterocycles. The van der Waals surface area contributed by atoms with E-state index in [0.29, 0.717) is 18.5 Å². The van der Waals surface area contributed by atoms with E-state index >= 15 is 0 Å². The molecule has 11 nitrogen and oxygen atoms in total. The van der Waals surface area contributed by atoms with Crippen LogP contribution in [0.25, 0.3) is 0 Å². The normalized spacial score (nSPS) is 12.0. The van der Waals surface area contributed by atoms with E-state index in [9.17, 15) is 19.2 Å². The van der Waals surface area contributed by atoms with Crippen LogP contribution in [0.3, 0.4) is 0 Å². The van der Waals surface area contributed by atoms with Crippen molar-refractivity contribution in [2.75, 3.05) is 40.0 Å². The molecule has 2 amide bonds. The van der Waals surface area contributed by atoms with Gasteiger partial charge in [-0.15, -0.1) is 0 Å². The highest BCUT2D eigenvalue weighted by atomic mass is 16.6. The molecule has 0 aliphatic heterocycles. The molecule has 0 radical (unpaired) electrons. The number of hydrogen-bond donors (Lipinski definition) is 3. The summed E-state index contributed by atoms with van der Waals surface area (Å²) in [5.74, 6) is -1.36. The summed E-state index contributed by atoms with van der Waals surface area (Å²) >= 11 is 0. The van der Waals surface area contributed by atoms with Crippen molar-refractivity contribution in [3.63, 3.8) is 0 Å². The van der Waals surface area contributed by atoms with Crippen molar-refractivity contribution in [2.45, 2.75) is 65.0 Å². The number of rotatable bonds is 20. The van der Waals surface area contributed by atoms with Gasteiger partial charge < -0.3 is 34.9 Å². The zero-order chi connectivity index (χ0) is 31.5. The van der Waals surface area contributed by atoms with E-state index in [1.54, 1.807) is 39.1 Å². The quantitative estimate of drug-likeness (QED) is 0.155. The maximum Gasteiger partial charge on any atom is 0.344 e. The molecule has 2 unspecified atom stereocenters. The van der Waals surface area contributed by atoms with E-state index in [0.717, 1.165) is 24.8 Å². The Morgan fingerprint density at radius 1 is 0.721 bits per heavy atom. The molecule has 2 aromatic carbocycles. The van der Waals surface area contributed by atoms with Crippen LogP contribution >= 0.6 is 0 Å². The van der Waals surface area contributed by atoms with Crippen molar-refractivity contribution in [1.29, 1.82) is 0 Å². The number of ether oxygens (including phenoxy) is 4. The van der Waals surface area contributed by atoms with Gasteiger partial charge >= 0.3 is 11.9 Å². The molecule has 0 aromatic heterocycles. The fraction of sp³-hybridized carbons (Fsp3) is 0.500. The molecular formula is C32H45N3O8. The van der Waals surface area contributed by atoms with Gasteiger partial charge in [-0.25, -0.2) is 9.59 Å². The molecule has 0 fully saturated rings. The van der Waals surface area contributed by atoms with Gasteiger partial charge in [-0.05, 0) is 57.0 Å². The van der Waals surface area contributed by atoms with Gasteiger partial charge in [0.15, 0.2) is 24.7 Å². The summed E-state index contributed by atoms with van der Waals surface area (Å²) in [6.07, 6.45) is 3.41. The molecule has 236 valence electrons. The number of benzene rings is 2. The van der Waals surface area contributed by atoms with Crippen LogP contribution in [-0.2, 0) is 41.5 Å². The molecule has 0 aliphatic rings. The van der Waals surface area contributed by atoms with Gasteiger partial charge in [0.05, 0.1) is 19.3 Å². The molecule has 3 N–H and O–H groups in total. The maximum atomic E-state index is 13.3. The Labute approximate surface area is 254 Å². The minimum absolute atomic E-state index is 0.140. The van der Waals surface area contributed by atoms with Crippen LogP contribution in [0.2, 0.25) is 0 Å². The van der Waals surface area contributed by atoms with Crippen LogP contribution in [0, 0.1) is 0 Å². The van der Waals surface area contributed by atoms with Gasteiger partial charge in [0.2, 0.25) is 11.8 Å². The third kappa shape index (κ3) is 13.2. The smallest absolute Gasteiger partial charge is 0.344 e. The lowest BCUT2D eigenvalue weighted by Gasteiger charge is -2.23. The predicted molar refractivity (Wildman–Crippen MR) is 162 cm³/mol. The summed E-state index contributed by atoms with van der Waals surface area (Å²) < 4.78 is 21.1. The highest BCUT2D eigenvalue weighted by Crippen LogP contribution is 2.29. The lowest BCUT2D eigenvalue weighted by molar-refractivity contribution is -0.146. The van der Waals surface area contributed by atoms with Crippen LogP contribution in [0.4, 0.5) is 0 Å². The molecule has 2 atom stereocenters. The summed E-state index contributed by atoms with van der Waals surface area (Å²) in [5, 5.41) is 8.89. The minimum Gasteiger partial charge on any atom is -0.478 e. The topological polar surface area (TPSA) is 141 Å². The number of amides is 2. The second kappa shape index (κ2) is 19.9. The van der Waals surface area contributed by atoms with E-state index in [1.165, 1.54) is 0 Å². The van der Waals surface area contributed by atoms with E-state index in [4.69, 9.17) is 18.9 Å². The van der Waals surface area contributed by atoms with Gasteiger partial charge in [-0.3, -0.25) is 9.59 Å². The zero-order valence-electron chi connectivity index (χ0n) is 25.6. The Hall–Kier alpha value is -4.12. The Kier molecular flexibility index (Phi) is 16.2. The molecule has 2 aromatic rings. The SMILES string of the molecule is CCCCCNC(=O)C(Cc1ccc(OCC(=O)OCC)c(OCC(=O)OCC)c1)NC(=O)C(Cc1ccccc1)NC. The Balaban J connectivity index is 2.27. The van der Waals surface area contributed by atoms with Crippen molar-refractivity contribution in [3.8, 4) is 11.5 Å². The average molecular weight is 600 g/mol. The average Bonchev–Trinajstić information content (AvgIpc) is 3.00. The molecule has 0 aliphatic carbocycles. The number of likely N-dealkylation sites (N-methyl/N-ethyl adjacent to an activating group) is 1.